The molecule has 0 atom stereocenters. The highest BCUT2D eigenvalue weighted by Crippen LogP contribution is 2.30. The summed E-state index contributed by atoms with van der Waals surface area (Å²) in [6.07, 6.45) is 0. The van der Waals surface area contributed by atoms with Crippen LogP contribution in [0.4, 0.5) is 11.4 Å². The van der Waals surface area contributed by atoms with E-state index in [2.05, 4.69) is 4.74 Å². The van der Waals surface area contributed by atoms with Crippen molar-refractivity contribution in [1.82, 2.24) is 0 Å². The molecule has 7 nitrogen and oxygen atoms in total. The molecule has 0 amide bonds. The molecular formula is C13H15N3O4. The van der Waals surface area contributed by atoms with Gasteiger partial charge in [-0.1, -0.05) is 0 Å². The van der Waals surface area contributed by atoms with Gasteiger partial charge in [-0.25, -0.2) is 0 Å². The average molecular weight is 277 g/mol. The Morgan fingerprint density at radius 1 is 1.55 bits per heavy atom. The van der Waals surface area contributed by atoms with Crippen LogP contribution in [0.15, 0.2) is 18.2 Å². The van der Waals surface area contributed by atoms with Crippen LogP contribution < -0.4 is 4.90 Å². The fourth-order valence-corrected chi connectivity index (χ4v) is 1.73. The molecule has 0 fully saturated rings. The molecule has 0 aliphatic rings. The molecule has 0 unspecified atom stereocenters. The number of rotatable bonds is 5. The molecule has 0 heterocycles. The Hall–Kier alpha value is -2.62. The highest BCUT2D eigenvalue weighted by atomic mass is 16.6. The second-order valence-electron chi connectivity index (χ2n) is 4.37. The second kappa shape index (κ2) is 6.52. The number of nitrogens with zero attached hydrogens (tertiary/aromatic N) is 3. The van der Waals surface area contributed by atoms with Crippen LogP contribution in [-0.2, 0) is 9.53 Å². The molecule has 0 aromatic heterocycles. The summed E-state index contributed by atoms with van der Waals surface area (Å²) in [4.78, 5) is 23.5. The minimum Gasteiger partial charge on any atom is -0.468 e. The molecule has 0 saturated heterocycles. The standard InChI is InChI=1S/C13H15N3O4/c1-9(2)15(8-13(17)20-3)11-5-4-10(7-14)6-12(11)16(18)19/h4-6,9H,8H2,1-3H3. The zero-order valence-corrected chi connectivity index (χ0v) is 11.5. The Bertz CT molecular complexity index is 563. The Balaban J connectivity index is 3.29. The quantitative estimate of drug-likeness (QED) is 0.463. The van der Waals surface area contributed by atoms with E-state index in [1.165, 1.54) is 25.3 Å². The van der Waals surface area contributed by atoms with Gasteiger partial charge in [0.15, 0.2) is 0 Å². The Labute approximate surface area is 116 Å². The third-order valence-corrected chi connectivity index (χ3v) is 2.76. The summed E-state index contributed by atoms with van der Waals surface area (Å²) >= 11 is 0. The van der Waals surface area contributed by atoms with Gasteiger partial charge in [0.2, 0.25) is 0 Å². The Morgan fingerprint density at radius 3 is 2.65 bits per heavy atom. The monoisotopic (exact) mass is 277 g/mol. The predicted molar refractivity (Wildman–Crippen MR) is 72.3 cm³/mol. The fourth-order valence-electron chi connectivity index (χ4n) is 1.73. The molecule has 1 rings (SSSR count). The van der Waals surface area contributed by atoms with Gasteiger partial charge in [0.25, 0.3) is 5.69 Å². The number of nitro benzene ring substituents is 1. The first-order valence-corrected chi connectivity index (χ1v) is 5.92. The third kappa shape index (κ3) is 3.45. The first-order valence-electron chi connectivity index (χ1n) is 5.92. The van der Waals surface area contributed by atoms with Gasteiger partial charge >= 0.3 is 5.97 Å². The topological polar surface area (TPSA) is 96.5 Å². The highest BCUT2D eigenvalue weighted by molar-refractivity contribution is 5.78. The van der Waals surface area contributed by atoms with Crippen LogP contribution in [0.3, 0.4) is 0 Å². The van der Waals surface area contributed by atoms with E-state index in [0.29, 0.717) is 0 Å². The lowest BCUT2D eigenvalue weighted by atomic mass is 10.1. The summed E-state index contributed by atoms with van der Waals surface area (Å²) in [5.74, 6) is -0.489. The molecule has 0 spiro atoms. The second-order valence-corrected chi connectivity index (χ2v) is 4.37. The summed E-state index contributed by atoms with van der Waals surface area (Å²) in [7, 11) is 1.26. The maximum atomic E-state index is 11.4. The van der Waals surface area contributed by atoms with Crippen molar-refractivity contribution in [1.29, 1.82) is 5.26 Å². The number of carbonyl (C=O) groups is 1. The molecular weight excluding hydrogens is 262 g/mol. The number of anilines is 1. The number of esters is 1. The molecule has 0 aliphatic heterocycles. The minimum absolute atomic E-state index is 0.0963. The van der Waals surface area contributed by atoms with Crippen molar-refractivity contribution in [3.05, 3.63) is 33.9 Å². The first-order chi connectivity index (χ1) is 9.40. The van der Waals surface area contributed by atoms with Crippen molar-refractivity contribution >= 4 is 17.3 Å². The molecule has 7 heteroatoms. The van der Waals surface area contributed by atoms with Crippen molar-refractivity contribution in [2.75, 3.05) is 18.6 Å². The predicted octanol–water partition coefficient (Wildman–Crippen LogP) is 1.85. The Kier molecular flexibility index (Phi) is 5.03. The molecule has 0 bridgehead atoms. The van der Waals surface area contributed by atoms with Gasteiger partial charge < -0.3 is 9.64 Å². The molecule has 1 aromatic carbocycles. The SMILES string of the molecule is COC(=O)CN(c1ccc(C#N)cc1[N+](=O)[O-])C(C)C. The summed E-state index contributed by atoms with van der Waals surface area (Å²) in [5, 5.41) is 19.9. The maximum absolute atomic E-state index is 11.4. The van der Waals surface area contributed by atoms with Crippen molar-refractivity contribution in [2.24, 2.45) is 0 Å². The average Bonchev–Trinajstić information content (AvgIpc) is 2.43. The van der Waals surface area contributed by atoms with Crippen LogP contribution in [0.5, 0.6) is 0 Å². The van der Waals surface area contributed by atoms with Crippen molar-refractivity contribution < 1.29 is 14.5 Å². The molecule has 0 N–H and O–H groups in total. The Morgan fingerprint density at radius 2 is 2.20 bits per heavy atom. The van der Waals surface area contributed by atoms with E-state index >= 15 is 0 Å². The van der Waals surface area contributed by atoms with Crippen LogP contribution >= 0.6 is 0 Å². The van der Waals surface area contributed by atoms with Crippen LogP contribution in [0.2, 0.25) is 0 Å². The largest absolute Gasteiger partial charge is 0.468 e. The van der Waals surface area contributed by atoms with Gasteiger partial charge in [-0.05, 0) is 26.0 Å². The van der Waals surface area contributed by atoms with Crippen molar-refractivity contribution in [3.63, 3.8) is 0 Å². The molecule has 106 valence electrons. The molecule has 1 aromatic rings. The van der Waals surface area contributed by atoms with Crippen LogP contribution in [0.25, 0.3) is 0 Å². The van der Waals surface area contributed by atoms with E-state index in [9.17, 15) is 14.9 Å². The summed E-state index contributed by atoms with van der Waals surface area (Å²) < 4.78 is 4.59. The zero-order chi connectivity index (χ0) is 15.3. The van der Waals surface area contributed by atoms with E-state index in [4.69, 9.17) is 5.26 Å². The normalized spacial score (nSPS) is 9.95. The fraction of sp³-hybridized carbons (Fsp3) is 0.385. The number of nitro groups is 1. The molecule has 0 saturated carbocycles. The summed E-state index contributed by atoms with van der Waals surface area (Å²) in [6, 6.07) is 5.87. The van der Waals surface area contributed by atoms with Crippen LogP contribution in [-0.4, -0.2) is 30.6 Å². The van der Waals surface area contributed by atoms with Crippen LogP contribution in [0.1, 0.15) is 19.4 Å². The zero-order valence-electron chi connectivity index (χ0n) is 11.5. The van der Waals surface area contributed by atoms with Gasteiger partial charge in [0, 0.05) is 12.1 Å². The van der Waals surface area contributed by atoms with E-state index in [1.54, 1.807) is 4.90 Å². The van der Waals surface area contributed by atoms with Crippen LogP contribution in [0, 0.1) is 21.4 Å². The number of hydrogen-bond donors (Lipinski definition) is 0. The minimum atomic E-state index is -0.567. The number of hydrogen-bond acceptors (Lipinski definition) is 6. The number of benzene rings is 1. The smallest absolute Gasteiger partial charge is 0.325 e. The van der Waals surface area contributed by atoms with Gasteiger partial charge in [-0.3, -0.25) is 14.9 Å². The number of methoxy groups -OCH3 is 1. The van der Waals surface area contributed by atoms with Gasteiger partial charge in [0.05, 0.1) is 23.7 Å². The lowest BCUT2D eigenvalue weighted by molar-refractivity contribution is -0.384. The third-order valence-electron chi connectivity index (χ3n) is 2.76. The lowest BCUT2D eigenvalue weighted by Gasteiger charge is -2.27. The first kappa shape index (κ1) is 15.4. The molecule has 20 heavy (non-hydrogen) atoms. The maximum Gasteiger partial charge on any atom is 0.325 e. The summed E-state index contributed by atoms with van der Waals surface area (Å²) in [6.45, 7) is 3.52. The van der Waals surface area contributed by atoms with Crippen molar-refractivity contribution in [2.45, 2.75) is 19.9 Å². The number of carbonyl (C=O) groups excluding carboxylic acids is 1. The van der Waals surface area contributed by atoms with E-state index in [-0.39, 0.29) is 29.5 Å². The molecule has 0 aliphatic carbocycles. The van der Waals surface area contributed by atoms with E-state index in [0.717, 1.165) is 0 Å². The van der Waals surface area contributed by atoms with Gasteiger partial charge in [-0.2, -0.15) is 5.26 Å². The van der Waals surface area contributed by atoms with Gasteiger partial charge in [0.1, 0.15) is 12.2 Å². The molecule has 0 radical (unpaired) electrons. The highest BCUT2D eigenvalue weighted by Gasteiger charge is 2.24. The van der Waals surface area contributed by atoms with Crippen molar-refractivity contribution in [3.8, 4) is 6.07 Å². The van der Waals surface area contributed by atoms with E-state index < -0.39 is 10.9 Å². The number of nitriles is 1. The lowest BCUT2D eigenvalue weighted by Crippen LogP contribution is -2.36. The summed E-state index contributed by atoms with van der Waals surface area (Å²) in [5.41, 5.74) is 0.276. The van der Waals surface area contributed by atoms with Gasteiger partial charge in [-0.15, -0.1) is 0 Å². The number of ether oxygens (including phenoxy) is 1. The van der Waals surface area contributed by atoms with E-state index in [1.807, 2.05) is 19.9 Å².